The summed E-state index contributed by atoms with van der Waals surface area (Å²) in [6.07, 6.45) is 1.70. The number of hydrogen-bond donors (Lipinski definition) is 0. The van der Waals surface area contributed by atoms with E-state index in [1.807, 2.05) is 61.5 Å². The molecule has 0 unspecified atom stereocenters. The summed E-state index contributed by atoms with van der Waals surface area (Å²) in [6.45, 7) is 3.02. The largest absolute Gasteiger partial charge is 0.493 e. The third kappa shape index (κ3) is 7.17. The number of nitro groups is 1. The molecule has 0 aliphatic heterocycles. The summed E-state index contributed by atoms with van der Waals surface area (Å²) in [5.41, 5.74) is 3.60. The third-order valence-electron chi connectivity index (χ3n) is 5.95. The number of ether oxygens (including phenoxy) is 4. The van der Waals surface area contributed by atoms with Crippen LogP contribution in [0.1, 0.15) is 29.2 Å². The predicted octanol–water partition coefficient (Wildman–Crippen LogP) is 7.22. The summed E-state index contributed by atoms with van der Waals surface area (Å²) >= 11 is 0. The van der Waals surface area contributed by atoms with E-state index >= 15 is 0 Å². The number of hydrogen-bond acceptors (Lipinski definition) is 7. The number of rotatable bonds is 12. The van der Waals surface area contributed by atoms with E-state index in [1.165, 1.54) is 12.1 Å². The minimum absolute atomic E-state index is 0.0341. The molecule has 0 saturated heterocycles. The first-order valence-corrected chi connectivity index (χ1v) is 12.6. The molecule has 0 saturated carbocycles. The number of nitro benzene ring substituents is 1. The van der Waals surface area contributed by atoms with Crippen LogP contribution in [0.5, 0.6) is 23.0 Å². The Labute approximate surface area is 232 Å². The Balaban J connectivity index is 1.48. The van der Waals surface area contributed by atoms with Gasteiger partial charge in [0.1, 0.15) is 13.2 Å². The lowest BCUT2D eigenvalue weighted by molar-refractivity contribution is -0.384. The lowest BCUT2D eigenvalue weighted by atomic mass is 10.0. The van der Waals surface area contributed by atoms with E-state index in [1.54, 1.807) is 37.5 Å². The Morgan fingerprint density at radius 1 is 0.825 bits per heavy atom. The van der Waals surface area contributed by atoms with Crippen LogP contribution in [-0.2, 0) is 13.2 Å². The maximum absolute atomic E-state index is 10.9. The number of allylic oxidation sites excluding steroid dienone is 1. The molecule has 40 heavy (non-hydrogen) atoms. The summed E-state index contributed by atoms with van der Waals surface area (Å²) < 4.78 is 23.4. The molecule has 8 nitrogen and oxygen atoms in total. The molecule has 0 radical (unpaired) electrons. The van der Waals surface area contributed by atoms with Crippen molar-refractivity contribution in [2.45, 2.75) is 20.1 Å². The van der Waals surface area contributed by atoms with Gasteiger partial charge in [0, 0.05) is 12.1 Å². The van der Waals surface area contributed by atoms with Crippen LogP contribution in [0.2, 0.25) is 0 Å². The van der Waals surface area contributed by atoms with Crippen LogP contribution >= 0.6 is 0 Å². The SMILES string of the molecule is CCOc1cc(/C=C(\C#N)c2ccc([N+](=O)[O-])cc2)ccc1OCc1ccc(OCc2ccccc2)c(OC)c1. The van der Waals surface area contributed by atoms with E-state index in [0.717, 1.165) is 16.7 Å². The van der Waals surface area contributed by atoms with Gasteiger partial charge in [-0.25, -0.2) is 0 Å². The van der Waals surface area contributed by atoms with Crippen molar-refractivity contribution >= 4 is 17.3 Å². The number of nitrogens with zero attached hydrogens (tertiary/aromatic N) is 2. The highest BCUT2D eigenvalue weighted by Crippen LogP contribution is 2.33. The van der Waals surface area contributed by atoms with Crippen molar-refractivity contribution in [1.82, 2.24) is 0 Å². The van der Waals surface area contributed by atoms with Crippen LogP contribution in [0.3, 0.4) is 0 Å². The summed E-state index contributed by atoms with van der Waals surface area (Å²) in [5, 5.41) is 20.6. The van der Waals surface area contributed by atoms with Crippen LogP contribution in [0, 0.1) is 21.4 Å². The fourth-order valence-corrected chi connectivity index (χ4v) is 3.93. The first-order chi connectivity index (χ1) is 19.5. The Hall–Kier alpha value is -5.29. The Morgan fingerprint density at radius 2 is 1.50 bits per heavy atom. The first-order valence-electron chi connectivity index (χ1n) is 12.6. The molecule has 0 bridgehead atoms. The van der Waals surface area contributed by atoms with Gasteiger partial charge in [-0.05, 0) is 71.7 Å². The van der Waals surface area contributed by atoms with Crippen molar-refractivity contribution in [2.24, 2.45) is 0 Å². The zero-order valence-corrected chi connectivity index (χ0v) is 22.2. The normalized spacial score (nSPS) is 10.9. The number of non-ortho nitro benzene ring substituents is 1. The van der Waals surface area contributed by atoms with E-state index in [0.29, 0.717) is 47.3 Å². The highest BCUT2D eigenvalue weighted by atomic mass is 16.6. The fraction of sp³-hybridized carbons (Fsp3) is 0.156. The molecule has 8 heteroatoms. The lowest BCUT2D eigenvalue weighted by Crippen LogP contribution is -2.02. The molecule has 0 aliphatic carbocycles. The Kier molecular flexibility index (Phi) is 9.35. The van der Waals surface area contributed by atoms with Crippen LogP contribution in [-0.4, -0.2) is 18.6 Å². The average Bonchev–Trinajstić information content (AvgIpc) is 2.99. The van der Waals surface area contributed by atoms with Crippen molar-refractivity contribution in [1.29, 1.82) is 5.26 Å². The van der Waals surface area contributed by atoms with Gasteiger partial charge < -0.3 is 18.9 Å². The van der Waals surface area contributed by atoms with Gasteiger partial charge in [-0.3, -0.25) is 10.1 Å². The Bertz CT molecular complexity index is 1530. The summed E-state index contributed by atoms with van der Waals surface area (Å²) in [5.74, 6) is 2.34. The topological polar surface area (TPSA) is 104 Å². The van der Waals surface area contributed by atoms with E-state index in [2.05, 4.69) is 6.07 Å². The minimum Gasteiger partial charge on any atom is -0.493 e. The molecule has 0 spiro atoms. The average molecular weight is 537 g/mol. The van der Waals surface area contributed by atoms with Gasteiger partial charge >= 0.3 is 0 Å². The number of nitriles is 1. The van der Waals surface area contributed by atoms with Gasteiger partial charge in [0.15, 0.2) is 23.0 Å². The van der Waals surface area contributed by atoms with Gasteiger partial charge in [0.25, 0.3) is 5.69 Å². The van der Waals surface area contributed by atoms with Crippen molar-refractivity contribution in [3.63, 3.8) is 0 Å². The predicted molar refractivity (Wildman–Crippen MR) is 152 cm³/mol. The molecule has 4 aromatic carbocycles. The molecule has 0 aliphatic rings. The molecule has 0 aromatic heterocycles. The molecular formula is C32H28N2O6. The van der Waals surface area contributed by atoms with Gasteiger partial charge in [-0.15, -0.1) is 0 Å². The zero-order valence-electron chi connectivity index (χ0n) is 22.2. The van der Waals surface area contributed by atoms with E-state index in [4.69, 9.17) is 18.9 Å². The maximum Gasteiger partial charge on any atom is 0.269 e. The van der Waals surface area contributed by atoms with Crippen molar-refractivity contribution < 1.29 is 23.9 Å². The molecule has 4 aromatic rings. The molecule has 0 amide bonds. The molecule has 0 fully saturated rings. The third-order valence-corrected chi connectivity index (χ3v) is 5.95. The quantitative estimate of drug-likeness (QED) is 0.0814. The Morgan fingerprint density at radius 3 is 2.15 bits per heavy atom. The van der Waals surface area contributed by atoms with Crippen molar-refractivity contribution in [3.8, 4) is 29.1 Å². The first kappa shape index (κ1) is 27.7. The van der Waals surface area contributed by atoms with Gasteiger partial charge in [0.05, 0.1) is 30.3 Å². The highest BCUT2D eigenvalue weighted by molar-refractivity contribution is 5.90. The van der Waals surface area contributed by atoms with E-state index in [-0.39, 0.29) is 12.3 Å². The number of methoxy groups -OCH3 is 1. The second kappa shape index (κ2) is 13.5. The second-order valence-electron chi connectivity index (χ2n) is 8.66. The van der Waals surface area contributed by atoms with Crippen LogP contribution in [0.25, 0.3) is 11.6 Å². The summed E-state index contributed by atoms with van der Waals surface area (Å²) in [4.78, 5) is 10.5. The molecule has 0 atom stereocenters. The zero-order chi connectivity index (χ0) is 28.3. The minimum atomic E-state index is -0.475. The van der Waals surface area contributed by atoms with Gasteiger partial charge in [-0.1, -0.05) is 42.5 Å². The summed E-state index contributed by atoms with van der Waals surface area (Å²) in [6, 6.07) is 29.0. The maximum atomic E-state index is 10.9. The lowest BCUT2D eigenvalue weighted by Gasteiger charge is -2.15. The monoisotopic (exact) mass is 536 g/mol. The van der Waals surface area contributed by atoms with Crippen LogP contribution in [0.4, 0.5) is 5.69 Å². The van der Waals surface area contributed by atoms with E-state index in [9.17, 15) is 15.4 Å². The molecule has 202 valence electrons. The van der Waals surface area contributed by atoms with Gasteiger partial charge in [0.2, 0.25) is 0 Å². The highest BCUT2D eigenvalue weighted by Gasteiger charge is 2.11. The van der Waals surface area contributed by atoms with Crippen molar-refractivity contribution in [2.75, 3.05) is 13.7 Å². The second-order valence-corrected chi connectivity index (χ2v) is 8.66. The fourth-order valence-electron chi connectivity index (χ4n) is 3.93. The molecule has 0 N–H and O–H groups in total. The summed E-state index contributed by atoms with van der Waals surface area (Å²) in [7, 11) is 1.60. The van der Waals surface area contributed by atoms with Crippen LogP contribution < -0.4 is 18.9 Å². The van der Waals surface area contributed by atoms with Crippen molar-refractivity contribution in [3.05, 3.63) is 123 Å². The smallest absolute Gasteiger partial charge is 0.269 e. The standard InChI is InChI=1S/C32H28N2O6/c1-3-38-32-18-24(17-27(20-33)26-11-13-28(14-12-26)34(35)36)9-15-30(32)40-22-25-10-16-29(31(19-25)37-2)39-21-23-7-5-4-6-8-23/h4-19H,3,21-22H2,1-2H3/b27-17+. The van der Waals surface area contributed by atoms with E-state index < -0.39 is 4.92 Å². The number of benzene rings is 4. The molecule has 0 heterocycles. The van der Waals surface area contributed by atoms with Crippen LogP contribution in [0.15, 0.2) is 91.0 Å². The van der Waals surface area contributed by atoms with Gasteiger partial charge in [-0.2, -0.15) is 5.26 Å². The molecular weight excluding hydrogens is 508 g/mol. The molecule has 4 rings (SSSR count).